The third-order valence-corrected chi connectivity index (χ3v) is 2.77. The summed E-state index contributed by atoms with van der Waals surface area (Å²) in [6, 6.07) is 8.75. The topological polar surface area (TPSA) is 62.1 Å². The molecule has 0 spiro atoms. The van der Waals surface area contributed by atoms with Gasteiger partial charge in [0.2, 0.25) is 0 Å². The van der Waals surface area contributed by atoms with Gasteiger partial charge in [0.25, 0.3) is 5.91 Å². The van der Waals surface area contributed by atoms with E-state index in [1.54, 1.807) is 24.3 Å². The summed E-state index contributed by atoms with van der Waals surface area (Å²) in [4.78, 5) is 11.9. The highest BCUT2D eigenvalue weighted by atomic mass is 16.5. The summed E-state index contributed by atoms with van der Waals surface area (Å²) in [7, 11) is 0. The lowest BCUT2D eigenvalue weighted by Crippen LogP contribution is -2.40. The number of carbonyl (C=O) groups excluding carboxylic acids is 1. The van der Waals surface area contributed by atoms with Crippen LogP contribution < -0.4 is 5.32 Å². The zero-order valence-electron chi connectivity index (χ0n) is 9.48. The van der Waals surface area contributed by atoms with E-state index in [0.29, 0.717) is 17.7 Å². The van der Waals surface area contributed by atoms with Crippen molar-refractivity contribution in [1.82, 2.24) is 5.32 Å². The van der Waals surface area contributed by atoms with Crippen LogP contribution in [-0.2, 0) is 4.74 Å². The molecule has 1 unspecified atom stereocenters. The van der Waals surface area contributed by atoms with Gasteiger partial charge in [-0.1, -0.05) is 0 Å². The van der Waals surface area contributed by atoms with Gasteiger partial charge in [-0.25, -0.2) is 0 Å². The van der Waals surface area contributed by atoms with E-state index in [0.717, 1.165) is 19.4 Å². The van der Waals surface area contributed by atoms with E-state index < -0.39 is 0 Å². The molecular weight excluding hydrogens is 216 g/mol. The average molecular weight is 230 g/mol. The van der Waals surface area contributed by atoms with E-state index in [1.165, 1.54) is 0 Å². The van der Waals surface area contributed by atoms with E-state index in [1.807, 2.05) is 6.07 Å². The Hall–Kier alpha value is -1.86. The van der Waals surface area contributed by atoms with Crippen LogP contribution in [0.2, 0.25) is 0 Å². The van der Waals surface area contributed by atoms with Crippen molar-refractivity contribution in [3.8, 4) is 6.07 Å². The van der Waals surface area contributed by atoms with E-state index >= 15 is 0 Å². The Morgan fingerprint density at radius 3 is 2.76 bits per heavy atom. The molecule has 4 heteroatoms. The smallest absolute Gasteiger partial charge is 0.251 e. The summed E-state index contributed by atoms with van der Waals surface area (Å²) in [6.45, 7) is 1.37. The first-order chi connectivity index (χ1) is 8.29. The first-order valence-electron chi connectivity index (χ1n) is 5.68. The normalized spacial score (nSPS) is 19.4. The highest BCUT2D eigenvalue weighted by Crippen LogP contribution is 2.08. The molecule has 1 aromatic rings. The van der Waals surface area contributed by atoms with E-state index in [2.05, 4.69) is 5.32 Å². The molecule has 1 aliphatic rings. The van der Waals surface area contributed by atoms with Crippen molar-refractivity contribution in [2.24, 2.45) is 0 Å². The van der Waals surface area contributed by atoms with Gasteiger partial charge in [0.1, 0.15) is 0 Å². The number of amides is 1. The molecule has 0 radical (unpaired) electrons. The fourth-order valence-electron chi connectivity index (χ4n) is 1.82. The van der Waals surface area contributed by atoms with Gasteiger partial charge in [0.15, 0.2) is 0 Å². The molecule has 1 aliphatic heterocycles. The van der Waals surface area contributed by atoms with E-state index in [-0.39, 0.29) is 11.9 Å². The van der Waals surface area contributed by atoms with Gasteiger partial charge in [0, 0.05) is 12.2 Å². The quantitative estimate of drug-likeness (QED) is 0.836. The SMILES string of the molecule is N#Cc1ccc(C(=O)NC2CCCOC2)cc1. The standard InChI is InChI=1S/C13H14N2O2/c14-8-10-3-5-11(6-4-10)13(16)15-12-2-1-7-17-9-12/h3-6,12H,1-2,7,9H2,(H,15,16). The highest BCUT2D eigenvalue weighted by molar-refractivity contribution is 5.94. The van der Waals surface area contributed by atoms with Crippen LogP contribution >= 0.6 is 0 Å². The number of nitrogens with one attached hydrogen (secondary N) is 1. The summed E-state index contributed by atoms with van der Waals surface area (Å²) < 4.78 is 5.30. The maximum atomic E-state index is 11.9. The lowest BCUT2D eigenvalue weighted by Gasteiger charge is -2.23. The van der Waals surface area contributed by atoms with Gasteiger partial charge in [-0.3, -0.25) is 4.79 Å². The molecule has 1 fully saturated rings. The first-order valence-corrected chi connectivity index (χ1v) is 5.68. The number of hydrogen-bond acceptors (Lipinski definition) is 3. The van der Waals surface area contributed by atoms with Crippen molar-refractivity contribution in [2.75, 3.05) is 13.2 Å². The summed E-state index contributed by atoms with van der Waals surface area (Å²) in [6.07, 6.45) is 1.94. The largest absolute Gasteiger partial charge is 0.379 e. The zero-order chi connectivity index (χ0) is 12.1. The highest BCUT2D eigenvalue weighted by Gasteiger charge is 2.16. The lowest BCUT2D eigenvalue weighted by atomic mass is 10.1. The van der Waals surface area contributed by atoms with Crippen LogP contribution in [0, 0.1) is 11.3 Å². The molecule has 0 aromatic heterocycles. The first kappa shape index (κ1) is 11.6. The van der Waals surface area contributed by atoms with Crippen LogP contribution in [0.1, 0.15) is 28.8 Å². The second kappa shape index (κ2) is 5.46. The van der Waals surface area contributed by atoms with Crippen LogP contribution in [0.4, 0.5) is 0 Å². The number of ether oxygens (including phenoxy) is 1. The molecule has 2 rings (SSSR count). The molecular formula is C13H14N2O2. The molecule has 0 aliphatic carbocycles. The number of hydrogen-bond donors (Lipinski definition) is 1. The van der Waals surface area contributed by atoms with Crippen molar-refractivity contribution in [3.05, 3.63) is 35.4 Å². The molecule has 0 bridgehead atoms. The van der Waals surface area contributed by atoms with Crippen molar-refractivity contribution in [1.29, 1.82) is 5.26 Å². The zero-order valence-corrected chi connectivity index (χ0v) is 9.48. The fraction of sp³-hybridized carbons (Fsp3) is 0.385. The van der Waals surface area contributed by atoms with Crippen molar-refractivity contribution in [3.63, 3.8) is 0 Å². The third kappa shape index (κ3) is 3.05. The Balaban J connectivity index is 1.96. The van der Waals surface area contributed by atoms with Gasteiger partial charge >= 0.3 is 0 Å². The van der Waals surface area contributed by atoms with Crippen LogP contribution in [0.25, 0.3) is 0 Å². The molecule has 1 heterocycles. The van der Waals surface area contributed by atoms with Gasteiger partial charge in [0.05, 0.1) is 24.3 Å². The minimum atomic E-state index is -0.106. The van der Waals surface area contributed by atoms with Crippen molar-refractivity contribution < 1.29 is 9.53 Å². The Kier molecular flexibility index (Phi) is 3.73. The Labute approximate surface area is 100 Å². The Morgan fingerprint density at radius 1 is 1.41 bits per heavy atom. The fourth-order valence-corrected chi connectivity index (χ4v) is 1.82. The predicted octanol–water partition coefficient (Wildman–Crippen LogP) is 1.47. The summed E-state index contributed by atoms with van der Waals surface area (Å²) in [5.41, 5.74) is 1.14. The molecule has 1 saturated heterocycles. The minimum absolute atomic E-state index is 0.104. The van der Waals surface area contributed by atoms with Crippen LogP contribution in [0.3, 0.4) is 0 Å². The molecule has 88 valence electrons. The molecule has 1 N–H and O–H groups in total. The van der Waals surface area contributed by atoms with Crippen molar-refractivity contribution >= 4 is 5.91 Å². The lowest BCUT2D eigenvalue weighted by molar-refractivity contribution is 0.0624. The number of rotatable bonds is 2. The molecule has 1 amide bonds. The van der Waals surface area contributed by atoms with Crippen LogP contribution in [-0.4, -0.2) is 25.2 Å². The van der Waals surface area contributed by atoms with E-state index in [9.17, 15) is 4.79 Å². The molecule has 1 aromatic carbocycles. The van der Waals surface area contributed by atoms with Gasteiger partial charge in [-0.2, -0.15) is 5.26 Å². The predicted molar refractivity (Wildman–Crippen MR) is 62.5 cm³/mol. The van der Waals surface area contributed by atoms with Crippen molar-refractivity contribution in [2.45, 2.75) is 18.9 Å². The van der Waals surface area contributed by atoms with Crippen LogP contribution in [0.15, 0.2) is 24.3 Å². The number of carbonyl (C=O) groups is 1. The number of nitriles is 1. The van der Waals surface area contributed by atoms with Crippen LogP contribution in [0.5, 0.6) is 0 Å². The number of nitrogens with zero attached hydrogens (tertiary/aromatic N) is 1. The number of benzene rings is 1. The monoisotopic (exact) mass is 230 g/mol. The summed E-state index contributed by atoms with van der Waals surface area (Å²) >= 11 is 0. The summed E-state index contributed by atoms with van der Waals surface area (Å²) in [5, 5.41) is 11.6. The second-order valence-electron chi connectivity index (χ2n) is 4.08. The third-order valence-electron chi connectivity index (χ3n) is 2.77. The second-order valence-corrected chi connectivity index (χ2v) is 4.08. The van der Waals surface area contributed by atoms with Gasteiger partial charge < -0.3 is 10.1 Å². The Morgan fingerprint density at radius 2 is 2.18 bits per heavy atom. The summed E-state index contributed by atoms with van der Waals surface area (Å²) in [5.74, 6) is -0.106. The average Bonchev–Trinajstić information content (AvgIpc) is 2.40. The molecule has 4 nitrogen and oxygen atoms in total. The molecule has 1 atom stereocenters. The minimum Gasteiger partial charge on any atom is -0.379 e. The van der Waals surface area contributed by atoms with E-state index in [4.69, 9.17) is 10.00 Å². The Bertz CT molecular complexity index is 428. The maximum absolute atomic E-state index is 11.9. The molecule has 0 saturated carbocycles. The van der Waals surface area contributed by atoms with Gasteiger partial charge in [-0.05, 0) is 37.1 Å². The maximum Gasteiger partial charge on any atom is 0.251 e. The molecule has 17 heavy (non-hydrogen) atoms. The van der Waals surface area contributed by atoms with Gasteiger partial charge in [-0.15, -0.1) is 0 Å².